The molecule has 6 nitrogen and oxygen atoms in total. The molecule has 0 saturated heterocycles. The Labute approximate surface area is 167 Å². The molecule has 0 bridgehead atoms. The number of hydrazone groups is 1. The van der Waals surface area contributed by atoms with Gasteiger partial charge in [-0.3, -0.25) is 9.59 Å². The molecule has 0 spiro atoms. The molecule has 0 atom stereocenters. The quantitative estimate of drug-likeness (QED) is 0.443. The first-order valence-corrected chi connectivity index (χ1v) is 9.84. The van der Waals surface area contributed by atoms with Crippen LogP contribution in [-0.2, 0) is 9.59 Å². The molecule has 2 aromatic rings. The van der Waals surface area contributed by atoms with Crippen LogP contribution < -0.4 is 10.7 Å². The fraction of sp³-hybridized carbons (Fsp3) is 0.350. The van der Waals surface area contributed by atoms with Crippen LogP contribution in [0.4, 0.5) is 0 Å². The maximum absolute atomic E-state index is 11.9. The van der Waals surface area contributed by atoms with Crippen molar-refractivity contribution in [1.29, 1.82) is 0 Å². The van der Waals surface area contributed by atoms with Gasteiger partial charge in [0.1, 0.15) is 0 Å². The minimum atomic E-state index is -0.736. The zero-order chi connectivity index (χ0) is 19.4. The lowest BCUT2D eigenvalue weighted by molar-refractivity contribution is -0.139. The molecule has 142 valence electrons. The molecule has 2 N–H and O–H groups in total. The molecule has 1 aromatic heterocycles. The van der Waals surface area contributed by atoms with E-state index < -0.39 is 11.8 Å². The molecule has 27 heavy (non-hydrogen) atoms. The Balaban J connectivity index is 1.65. The van der Waals surface area contributed by atoms with Crippen molar-refractivity contribution in [3.05, 3.63) is 51.8 Å². The van der Waals surface area contributed by atoms with Gasteiger partial charge in [-0.05, 0) is 57.0 Å². The van der Waals surface area contributed by atoms with E-state index >= 15 is 0 Å². The normalized spacial score (nSPS) is 14.6. The molecule has 1 saturated carbocycles. The number of aryl methyl sites for hydroxylation is 1. The summed E-state index contributed by atoms with van der Waals surface area (Å²) in [5.41, 5.74) is 6.30. The molecule has 1 aromatic carbocycles. The highest BCUT2D eigenvalue weighted by molar-refractivity contribution is 9.10. The van der Waals surface area contributed by atoms with Gasteiger partial charge in [0, 0.05) is 33.2 Å². The Hall–Kier alpha value is -2.41. The number of aromatic nitrogens is 1. The van der Waals surface area contributed by atoms with E-state index in [1.54, 1.807) is 6.21 Å². The van der Waals surface area contributed by atoms with Gasteiger partial charge in [0.05, 0.1) is 6.21 Å². The van der Waals surface area contributed by atoms with Crippen molar-refractivity contribution in [3.8, 4) is 5.69 Å². The molecule has 0 aliphatic heterocycles. The molecule has 2 amide bonds. The Bertz CT molecular complexity index is 865. The molecule has 1 heterocycles. The second-order valence-corrected chi connectivity index (χ2v) is 7.71. The van der Waals surface area contributed by atoms with Gasteiger partial charge in [0.2, 0.25) is 0 Å². The highest BCUT2D eigenvalue weighted by Crippen LogP contribution is 2.21. The first-order chi connectivity index (χ1) is 13.0. The molecule has 1 fully saturated rings. The standard InChI is InChI=1S/C20H23BrN4O2/c1-13-11-15(14(2)25(13)18-9-7-16(21)8-10-18)12-22-24-20(27)19(26)23-17-5-3-4-6-17/h7-12,17H,3-6H2,1-2H3,(H,23,26)(H,24,27)/b22-12-. The van der Waals surface area contributed by atoms with Crippen LogP contribution in [-0.4, -0.2) is 28.6 Å². The van der Waals surface area contributed by atoms with Crippen LogP contribution in [0.15, 0.2) is 39.9 Å². The topological polar surface area (TPSA) is 75.5 Å². The third kappa shape index (κ3) is 4.66. The highest BCUT2D eigenvalue weighted by Gasteiger charge is 2.21. The Morgan fingerprint density at radius 2 is 1.81 bits per heavy atom. The third-order valence-corrected chi connectivity index (χ3v) is 5.35. The van der Waals surface area contributed by atoms with E-state index in [0.29, 0.717) is 0 Å². The number of nitrogens with one attached hydrogen (secondary N) is 2. The van der Waals surface area contributed by atoms with E-state index in [4.69, 9.17) is 0 Å². The number of amides is 2. The second-order valence-electron chi connectivity index (χ2n) is 6.79. The van der Waals surface area contributed by atoms with E-state index in [-0.39, 0.29) is 6.04 Å². The summed E-state index contributed by atoms with van der Waals surface area (Å²) in [5.74, 6) is -1.36. The average Bonchev–Trinajstić information content (AvgIpc) is 3.24. The first-order valence-electron chi connectivity index (χ1n) is 9.04. The van der Waals surface area contributed by atoms with E-state index in [2.05, 4.69) is 36.3 Å². The number of carbonyl (C=O) groups excluding carboxylic acids is 2. The van der Waals surface area contributed by atoms with Crippen molar-refractivity contribution in [1.82, 2.24) is 15.3 Å². The highest BCUT2D eigenvalue weighted by atomic mass is 79.9. The van der Waals surface area contributed by atoms with Crippen molar-refractivity contribution in [2.75, 3.05) is 0 Å². The van der Waals surface area contributed by atoms with Gasteiger partial charge >= 0.3 is 11.8 Å². The number of rotatable bonds is 4. The monoisotopic (exact) mass is 430 g/mol. The number of nitrogens with zero attached hydrogens (tertiary/aromatic N) is 2. The Kier molecular flexibility index (Phi) is 6.11. The van der Waals surface area contributed by atoms with Gasteiger partial charge in [-0.15, -0.1) is 0 Å². The first kappa shape index (κ1) is 19.4. The summed E-state index contributed by atoms with van der Waals surface area (Å²) >= 11 is 3.44. The molecule has 3 rings (SSSR count). The molecular weight excluding hydrogens is 408 g/mol. The van der Waals surface area contributed by atoms with Gasteiger partial charge in [0.15, 0.2) is 0 Å². The predicted octanol–water partition coefficient (Wildman–Crippen LogP) is 3.37. The lowest BCUT2D eigenvalue weighted by Crippen LogP contribution is -2.42. The van der Waals surface area contributed by atoms with Crippen LogP contribution in [0, 0.1) is 13.8 Å². The van der Waals surface area contributed by atoms with Crippen molar-refractivity contribution >= 4 is 34.0 Å². The molecule has 1 aliphatic rings. The van der Waals surface area contributed by atoms with E-state index in [1.807, 2.05) is 44.2 Å². The summed E-state index contributed by atoms with van der Waals surface area (Å²) < 4.78 is 3.14. The second kappa shape index (κ2) is 8.52. The molecule has 0 radical (unpaired) electrons. The summed E-state index contributed by atoms with van der Waals surface area (Å²) in [6.07, 6.45) is 5.63. The fourth-order valence-corrected chi connectivity index (χ4v) is 3.70. The average molecular weight is 431 g/mol. The van der Waals surface area contributed by atoms with Crippen LogP contribution in [0.5, 0.6) is 0 Å². The van der Waals surface area contributed by atoms with Crippen molar-refractivity contribution < 1.29 is 9.59 Å². The summed E-state index contributed by atoms with van der Waals surface area (Å²) in [5, 5.41) is 6.70. The summed E-state index contributed by atoms with van der Waals surface area (Å²) in [7, 11) is 0. The molecular formula is C20H23BrN4O2. The van der Waals surface area contributed by atoms with E-state index in [1.165, 1.54) is 0 Å². The minimum Gasteiger partial charge on any atom is -0.345 e. The fourth-order valence-electron chi connectivity index (χ4n) is 3.44. The van der Waals surface area contributed by atoms with Crippen molar-refractivity contribution in [2.24, 2.45) is 5.10 Å². The number of hydrogen-bond acceptors (Lipinski definition) is 3. The van der Waals surface area contributed by atoms with Gasteiger partial charge in [-0.2, -0.15) is 5.10 Å². The van der Waals surface area contributed by atoms with Crippen LogP contribution >= 0.6 is 15.9 Å². The molecule has 0 unspecified atom stereocenters. The largest absolute Gasteiger partial charge is 0.345 e. The Morgan fingerprint density at radius 1 is 1.15 bits per heavy atom. The molecule has 7 heteroatoms. The van der Waals surface area contributed by atoms with E-state index in [9.17, 15) is 9.59 Å². The summed E-state index contributed by atoms with van der Waals surface area (Å²) in [4.78, 5) is 23.8. The number of carbonyl (C=O) groups is 2. The maximum atomic E-state index is 11.9. The zero-order valence-corrected chi connectivity index (χ0v) is 17.0. The summed E-state index contributed by atoms with van der Waals surface area (Å²) in [6, 6.07) is 10.1. The SMILES string of the molecule is Cc1cc(/C=N\NC(=O)C(=O)NC2CCCC2)c(C)n1-c1ccc(Br)cc1. The lowest BCUT2D eigenvalue weighted by atomic mass is 10.2. The van der Waals surface area contributed by atoms with Crippen LogP contribution in [0.2, 0.25) is 0 Å². The maximum Gasteiger partial charge on any atom is 0.329 e. The van der Waals surface area contributed by atoms with E-state index in [0.717, 1.165) is 52.8 Å². The summed E-state index contributed by atoms with van der Waals surface area (Å²) in [6.45, 7) is 4.00. The minimum absolute atomic E-state index is 0.108. The predicted molar refractivity (Wildman–Crippen MR) is 109 cm³/mol. The van der Waals surface area contributed by atoms with Crippen LogP contribution in [0.3, 0.4) is 0 Å². The number of hydrogen-bond donors (Lipinski definition) is 2. The lowest BCUT2D eigenvalue weighted by Gasteiger charge is -2.10. The van der Waals surface area contributed by atoms with Crippen LogP contribution in [0.1, 0.15) is 42.6 Å². The number of benzene rings is 1. The Morgan fingerprint density at radius 3 is 2.48 bits per heavy atom. The van der Waals surface area contributed by atoms with Crippen molar-refractivity contribution in [2.45, 2.75) is 45.6 Å². The van der Waals surface area contributed by atoms with Gasteiger partial charge in [0.25, 0.3) is 0 Å². The smallest absolute Gasteiger partial charge is 0.329 e. The van der Waals surface area contributed by atoms with Crippen molar-refractivity contribution in [3.63, 3.8) is 0 Å². The van der Waals surface area contributed by atoms with Gasteiger partial charge in [-0.25, -0.2) is 5.43 Å². The van der Waals surface area contributed by atoms with Gasteiger partial charge < -0.3 is 9.88 Å². The zero-order valence-electron chi connectivity index (χ0n) is 15.5. The molecule has 1 aliphatic carbocycles. The third-order valence-electron chi connectivity index (χ3n) is 4.82. The van der Waals surface area contributed by atoms with Gasteiger partial charge in [-0.1, -0.05) is 28.8 Å². The number of halogens is 1. The van der Waals surface area contributed by atoms with Crippen LogP contribution in [0.25, 0.3) is 5.69 Å².